The predicted molar refractivity (Wildman–Crippen MR) is 108 cm³/mol. The van der Waals surface area contributed by atoms with Crippen molar-refractivity contribution in [3.05, 3.63) is 65.7 Å². The largest absolute Gasteiger partial charge is 0.497 e. The second kappa shape index (κ2) is 8.46. The molecule has 0 bridgehead atoms. The maximum absolute atomic E-state index is 13.0. The van der Waals surface area contributed by atoms with Crippen LogP contribution in [0, 0.1) is 5.92 Å². The van der Waals surface area contributed by atoms with Gasteiger partial charge in [-0.3, -0.25) is 4.79 Å². The van der Waals surface area contributed by atoms with Gasteiger partial charge in [-0.2, -0.15) is 0 Å². The molecular formula is C23H26N2O3. The van der Waals surface area contributed by atoms with Crippen LogP contribution in [0.15, 0.2) is 59.8 Å². The Morgan fingerprint density at radius 3 is 2.54 bits per heavy atom. The highest BCUT2D eigenvalue weighted by Crippen LogP contribution is 2.29. The number of hydrogen-bond donors (Lipinski definition) is 0. The third kappa shape index (κ3) is 4.19. The first kappa shape index (κ1) is 18.5. The molecule has 1 unspecified atom stereocenters. The summed E-state index contributed by atoms with van der Waals surface area (Å²) in [4.78, 5) is 20.6. The first-order chi connectivity index (χ1) is 13.7. The van der Waals surface area contributed by atoms with Crippen LogP contribution in [0.25, 0.3) is 0 Å². The minimum Gasteiger partial charge on any atom is -0.497 e. The maximum Gasteiger partial charge on any atom is 0.226 e. The Morgan fingerprint density at radius 2 is 1.89 bits per heavy atom. The van der Waals surface area contributed by atoms with Crippen molar-refractivity contribution >= 4 is 11.6 Å². The van der Waals surface area contributed by atoms with E-state index in [1.165, 1.54) is 0 Å². The molecule has 1 aliphatic heterocycles. The first-order valence-electron chi connectivity index (χ1n) is 9.93. The minimum absolute atomic E-state index is 0.107. The van der Waals surface area contributed by atoms with E-state index >= 15 is 0 Å². The zero-order valence-corrected chi connectivity index (χ0v) is 16.2. The molecule has 1 heterocycles. The average molecular weight is 378 g/mol. The molecule has 28 heavy (non-hydrogen) atoms. The van der Waals surface area contributed by atoms with Crippen molar-refractivity contribution in [3.63, 3.8) is 0 Å². The smallest absolute Gasteiger partial charge is 0.226 e. The molecule has 146 valence electrons. The van der Waals surface area contributed by atoms with E-state index in [1.54, 1.807) is 7.11 Å². The third-order valence-corrected chi connectivity index (χ3v) is 5.56. The molecule has 2 aromatic rings. The number of amides is 1. The quantitative estimate of drug-likeness (QED) is 0.731. The molecule has 1 fully saturated rings. The lowest BCUT2D eigenvalue weighted by atomic mass is 9.84. The number of methoxy groups -OCH3 is 1. The zero-order valence-electron chi connectivity index (χ0n) is 16.2. The molecule has 5 nitrogen and oxygen atoms in total. The van der Waals surface area contributed by atoms with Crippen molar-refractivity contribution < 1.29 is 14.4 Å². The van der Waals surface area contributed by atoms with Gasteiger partial charge in [-0.25, -0.2) is 0 Å². The van der Waals surface area contributed by atoms with Gasteiger partial charge in [-0.15, -0.1) is 0 Å². The Balaban J connectivity index is 1.41. The molecule has 4 rings (SSSR count). The summed E-state index contributed by atoms with van der Waals surface area (Å²) in [6, 6.07) is 18.0. The number of oxime groups is 1. The van der Waals surface area contributed by atoms with Crippen LogP contribution in [0.1, 0.15) is 36.8 Å². The number of hydrogen-bond acceptors (Lipinski definition) is 4. The summed E-state index contributed by atoms with van der Waals surface area (Å²) >= 11 is 0. The highest BCUT2D eigenvalue weighted by molar-refractivity contribution is 6.01. The Hall–Kier alpha value is -2.82. The zero-order chi connectivity index (χ0) is 19.3. The summed E-state index contributed by atoms with van der Waals surface area (Å²) in [7, 11) is 1.65. The van der Waals surface area contributed by atoms with Crippen molar-refractivity contribution in [2.24, 2.45) is 11.1 Å². The van der Waals surface area contributed by atoms with E-state index in [9.17, 15) is 4.79 Å². The number of rotatable bonds is 7. The van der Waals surface area contributed by atoms with Gasteiger partial charge in [0.2, 0.25) is 5.91 Å². The average Bonchev–Trinajstić information content (AvgIpc) is 3.15. The molecule has 1 amide bonds. The Bertz CT molecular complexity index is 829. The molecule has 1 atom stereocenters. The lowest BCUT2D eigenvalue weighted by Gasteiger charge is -2.32. The summed E-state index contributed by atoms with van der Waals surface area (Å²) < 4.78 is 5.21. The van der Waals surface area contributed by atoms with E-state index in [0.29, 0.717) is 19.5 Å². The van der Waals surface area contributed by atoms with E-state index in [1.807, 2.05) is 47.4 Å². The fraction of sp³-hybridized carbons (Fsp3) is 0.391. The molecule has 0 spiro atoms. The Labute approximate surface area is 165 Å². The number of carbonyl (C=O) groups is 1. The number of ether oxygens (including phenoxy) is 1. The van der Waals surface area contributed by atoms with E-state index in [2.05, 4.69) is 17.3 Å². The minimum atomic E-state index is -0.107. The van der Waals surface area contributed by atoms with Gasteiger partial charge in [0.05, 0.1) is 19.4 Å². The highest BCUT2D eigenvalue weighted by atomic mass is 16.6. The van der Waals surface area contributed by atoms with Gasteiger partial charge in [0.25, 0.3) is 0 Å². The lowest BCUT2D eigenvalue weighted by Crippen LogP contribution is -2.42. The molecule has 0 N–H and O–H groups in total. The van der Waals surface area contributed by atoms with Gasteiger partial charge < -0.3 is 14.5 Å². The summed E-state index contributed by atoms with van der Waals surface area (Å²) in [6.07, 6.45) is 3.76. The monoisotopic (exact) mass is 378 g/mol. The van der Waals surface area contributed by atoms with Crippen LogP contribution in [-0.4, -0.2) is 36.3 Å². The fourth-order valence-corrected chi connectivity index (χ4v) is 3.68. The van der Waals surface area contributed by atoms with Crippen molar-refractivity contribution in [1.82, 2.24) is 4.90 Å². The fourth-order valence-electron chi connectivity index (χ4n) is 3.68. The normalized spacial score (nSPS) is 18.8. The summed E-state index contributed by atoms with van der Waals surface area (Å²) in [5.74, 6) is 1.24. The van der Waals surface area contributed by atoms with E-state index < -0.39 is 0 Å². The second-order valence-corrected chi connectivity index (χ2v) is 7.53. The summed E-state index contributed by atoms with van der Waals surface area (Å²) in [5, 5.41) is 4.28. The van der Waals surface area contributed by atoms with Gasteiger partial charge in [-0.05, 0) is 48.2 Å². The first-order valence-corrected chi connectivity index (χ1v) is 9.93. The van der Waals surface area contributed by atoms with E-state index in [4.69, 9.17) is 9.57 Å². The lowest BCUT2D eigenvalue weighted by molar-refractivity contribution is -0.140. The molecular weight excluding hydrogens is 352 g/mol. The second-order valence-electron chi connectivity index (χ2n) is 7.53. The van der Waals surface area contributed by atoms with Crippen LogP contribution in [0.4, 0.5) is 0 Å². The number of benzene rings is 2. The molecule has 2 aromatic carbocycles. The van der Waals surface area contributed by atoms with Crippen LogP contribution in [0.2, 0.25) is 0 Å². The van der Waals surface area contributed by atoms with Crippen LogP contribution in [0.5, 0.6) is 5.75 Å². The predicted octanol–water partition coefficient (Wildman–Crippen LogP) is 4.02. The van der Waals surface area contributed by atoms with Gasteiger partial charge in [-0.1, -0.05) is 41.9 Å². The van der Waals surface area contributed by atoms with Gasteiger partial charge in [0.15, 0.2) is 6.10 Å². The molecule has 1 saturated carbocycles. The molecule has 1 aliphatic carbocycles. The van der Waals surface area contributed by atoms with Crippen LogP contribution in [-0.2, 0) is 16.2 Å². The molecule has 0 aromatic heterocycles. The van der Waals surface area contributed by atoms with Gasteiger partial charge >= 0.3 is 0 Å². The molecule has 5 heteroatoms. The summed E-state index contributed by atoms with van der Waals surface area (Å²) in [6.45, 7) is 1.18. The topological polar surface area (TPSA) is 51.1 Å². The van der Waals surface area contributed by atoms with Crippen molar-refractivity contribution in [3.8, 4) is 5.75 Å². The van der Waals surface area contributed by atoms with Crippen LogP contribution < -0.4 is 4.74 Å². The van der Waals surface area contributed by atoms with E-state index in [0.717, 1.165) is 41.9 Å². The highest BCUT2D eigenvalue weighted by Gasteiger charge is 2.32. The number of carbonyl (C=O) groups excluding carboxylic acids is 1. The Kier molecular flexibility index (Phi) is 5.60. The Morgan fingerprint density at radius 1 is 1.14 bits per heavy atom. The van der Waals surface area contributed by atoms with E-state index in [-0.39, 0.29) is 17.9 Å². The molecule has 0 saturated heterocycles. The van der Waals surface area contributed by atoms with Crippen molar-refractivity contribution in [2.45, 2.75) is 38.3 Å². The molecule has 2 aliphatic rings. The maximum atomic E-state index is 13.0. The third-order valence-electron chi connectivity index (χ3n) is 5.56. The SMILES string of the molecule is COc1ccc(C2=NOC(CN(Cc3ccccc3)C(=O)C3CCC3)C2)cc1. The number of nitrogens with zero attached hydrogens (tertiary/aromatic N) is 2. The van der Waals surface area contributed by atoms with Gasteiger partial charge in [0, 0.05) is 18.9 Å². The summed E-state index contributed by atoms with van der Waals surface area (Å²) in [5.41, 5.74) is 3.09. The van der Waals surface area contributed by atoms with Crippen molar-refractivity contribution in [2.75, 3.05) is 13.7 Å². The van der Waals surface area contributed by atoms with Gasteiger partial charge in [0.1, 0.15) is 5.75 Å². The van der Waals surface area contributed by atoms with Crippen LogP contribution >= 0.6 is 0 Å². The van der Waals surface area contributed by atoms with Crippen molar-refractivity contribution in [1.29, 1.82) is 0 Å². The molecule has 0 radical (unpaired) electrons. The van der Waals surface area contributed by atoms with Crippen LogP contribution in [0.3, 0.4) is 0 Å². The standard InChI is InChI=1S/C23H26N2O3/c1-27-20-12-10-18(11-13-20)22-14-21(28-24-22)16-25(23(26)19-8-5-9-19)15-17-6-3-2-4-7-17/h2-4,6-7,10-13,19,21H,5,8-9,14-16H2,1H3.